The van der Waals surface area contributed by atoms with E-state index < -0.39 is 0 Å². The van der Waals surface area contributed by atoms with Gasteiger partial charge >= 0.3 is 0 Å². The van der Waals surface area contributed by atoms with Gasteiger partial charge in [-0.2, -0.15) is 0 Å². The van der Waals surface area contributed by atoms with Gasteiger partial charge in [0.05, 0.1) is 29.9 Å². The number of carbonyl (C=O) groups is 2. The molecular formula is C23H28N4O3S. The number of aryl methyl sites for hydroxylation is 2. The molecule has 2 aromatic carbocycles. The van der Waals surface area contributed by atoms with Crippen molar-refractivity contribution in [3.8, 4) is 0 Å². The van der Waals surface area contributed by atoms with Crippen LogP contribution in [-0.4, -0.2) is 59.3 Å². The molecular weight excluding hydrogens is 412 g/mol. The molecule has 0 aliphatic heterocycles. The molecule has 0 atom stereocenters. The van der Waals surface area contributed by atoms with Crippen LogP contribution >= 0.6 is 11.8 Å². The number of ether oxygens (including phenoxy) is 1. The van der Waals surface area contributed by atoms with Crippen molar-refractivity contribution in [3.05, 3.63) is 53.6 Å². The number of imidazole rings is 1. The van der Waals surface area contributed by atoms with E-state index in [1.165, 1.54) is 16.7 Å². The SMILES string of the molecule is COCCn1c(SCC(=O)N(C)CC(=O)Nc2c(C)cccc2C)nc2ccccc21. The number of nitrogens with one attached hydrogen (secondary N) is 1. The zero-order valence-corrected chi connectivity index (χ0v) is 19.2. The molecule has 0 radical (unpaired) electrons. The average Bonchev–Trinajstić information content (AvgIpc) is 3.10. The van der Waals surface area contributed by atoms with Crippen LogP contribution in [0.4, 0.5) is 5.69 Å². The molecule has 0 spiro atoms. The molecule has 0 aliphatic rings. The lowest BCUT2D eigenvalue weighted by atomic mass is 10.1. The summed E-state index contributed by atoms with van der Waals surface area (Å²) in [7, 11) is 3.30. The molecule has 0 saturated heterocycles. The van der Waals surface area contributed by atoms with Crippen LogP contribution in [0.5, 0.6) is 0 Å². The molecule has 1 aromatic heterocycles. The number of amides is 2. The lowest BCUT2D eigenvalue weighted by Gasteiger charge is -2.18. The van der Waals surface area contributed by atoms with Gasteiger partial charge < -0.3 is 19.5 Å². The van der Waals surface area contributed by atoms with Crippen LogP contribution in [-0.2, 0) is 20.9 Å². The number of aromatic nitrogens is 2. The number of fused-ring (bicyclic) bond motifs is 1. The van der Waals surface area contributed by atoms with Gasteiger partial charge in [0.1, 0.15) is 0 Å². The highest BCUT2D eigenvalue weighted by Crippen LogP contribution is 2.24. The summed E-state index contributed by atoms with van der Waals surface area (Å²) in [4.78, 5) is 31.2. The van der Waals surface area contributed by atoms with Gasteiger partial charge in [0.25, 0.3) is 0 Å². The van der Waals surface area contributed by atoms with Gasteiger partial charge in [-0.1, -0.05) is 42.1 Å². The van der Waals surface area contributed by atoms with Gasteiger partial charge in [0, 0.05) is 26.4 Å². The first-order valence-electron chi connectivity index (χ1n) is 10.1. The minimum absolute atomic E-state index is 0.00669. The maximum atomic E-state index is 12.6. The molecule has 1 N–H and O–H groups in total. The van der Waals surface area contributed by atoms with E-state index in [2.05, 4.69) is 14.9 Å². The van der Waals surface area contributed by atoms with Crippen molar-refractivity contribution in [1.82, 2.24) is 14.5 Å². The maximum Gasteiger partial charge on any atom is 0.243 e. The standard InChI is InChI=1S/C23H28N4O3S/c1-16-8-7-9-17(2)22(16)25-20(28)14-26(3)21(29)15-31-23-24-18-10-5-6-11-19(18)27(23)12-13-30-4/h5-11H,12-15H2,1-4H3,(H,25,28). The number of carbonyl (C=O) groups excluding carboxylic acids is 2. The topological polar surface area (TPSA) is 76.5 Å². The number of rotatable bonds is 9. The maximum absolute atomic E-state index is 12.6. The predicted octanol–water partition coefficient (Wildman–Crippen LogP) is 3.49. The molecule has 31 heavy (non-hydrogen) atoms. The second-order valence-corrected chi connectivity index (χ2v) is 8.32. The molecule has 164 valence electrons. The van der Waals surface area contributed by atoms with Crippen molar-refractivity contribution >= 4 is 40.3 Å². The van der Waals surface area contributed by atoms with E-state index in [1.807, 2.05) is 56.3 Å². The third-order valence-corrected chi connectivity index (χ3v) is 5.98. The summed E-state index contributed by atoms with van der Waals surface area (Å²) in [5.41, 5.74) is 4.68. The number of thioether (sulfide) groups is 1. The van der Waals surface area contributed by atoms with E-state index in [0.29, 0.717) is 13.2 Å². The summed E-state index contributed by atoms with van der Waals surface area (Å²) in [6, 6.07) is 13.7. The first-order chi connectivity index (χ1) is 14.9. The molecule has 8 heteroatoms. The second-order valence-electron chi connectivity index (χ2n) is 7.38. The van der Waals surface area contributed by atoms with Gasteiger partial charge in [0.2, 0.25) is 11.8 Å². The van der Waals surface area contributed by atoms with Crippen LogP contribution in [0.3, 0.4) is 0 Å². The van der Waals surface area contributed by atoms with E-state index in [-0.39, 0.29) is 24.1 Å². The van der Waals surface area contributed by atoms with Gasteiger partial charge in [-0.3, -0.25) is 9.59 Å². The summed E-state index contributed by atoms with van der Waals surface area (Å²) in [5.74, 6) is -0.152. The average molecular weight is 441 g/mol. The quantitative estimate of drug-likeness (QED) is 0.516. The zero-order chi connectivity index (χ0) is 22.4. The summed E-state index contributed by atoms with van der Waals surface area (Å²) >= 11 is 1.37. The van der Waals surface area contributed by atoms with Crippen molar-refractivity contribution in [2.45, 2.75) is 25.5 Å². The number of hydrogen-bond donors (Lipinski definition) is 1. The Morgan fingerprint density at radius 3 is 2.55 bits per heavy atom. The van der Waals surface area contributed by atoms with Crippen LogP contribution in [0.2, 0.25) is 0 Å². The molecule has 0 fully saturated rings. The van der Waals surface area contributed by atoms with E-state index in [4.69, 9.17) is 4.74 Å². The molecule has 3 aromatic rings. The Hall–Kier alpha value is -2.84. The summed E-state index contributed by atoms with van der Waals surface area (Å²) in [6.07, 6.45) is 0. The summed E-state index contributed by atoms with van der Waals surface area (Å²) < 4.78 is 7.27. The molecule has 2 amide bonds. The van der Waals surface area contributed by atoms with Crippen LogP contribution in [0.25, 0.3) is 11.0 Å². The monoisotopic (exact) mass is 440 g/mol. The highest BCUT2D eigenvalue weighted by molar-refractivity contribution is 7.99. The summed E-state index contributed by atoms with van der Waals surface area (Å²) in [5, 5.41) is 3.68. The zero-order valence-electron chi connectivity index (χ0n) is 18.3. The van der Waals surface area contributed by atoms with Crippen molar-refractivity contribution in [2.24, 2.45) is 0 Å². The Morgan fingerprint density at radius 2 is 1.84 bits per heavy atom. The molecule has 0 aliphatic carbocycles. The Labute approximate surface area is 186 Å². The highest BCUT2D eigenvalue weighted by atomic mass is 32.2. The lowest BCUT2D eigenvalue weighted by Crippen LogP contribution is -2.36. The van der Waals surface area contributed by atoms with Gasteiger partial charge in [-0.05, 0) is 37.1 Å². The Morgan fingerprint density at radius 1 is 1.13 bits per heavy atom. The third-order valence-electron chi connectivity index (χ3n) is 5.02. The number of nitrogens with zero attached hydrogens (tertiary/aromatic N) is 3. The number of benzene rings is 2. The predicted molar refractivity (Wildman–Crippen MR) is 125 cm³/mol. The molecule has 0 bridgehead atoms. The molecule has 7 nitrogen and oxygen atoms in total. The van der Waals surface area contributed by atoms with E-state index in [9.17, 15) is 9.59 Å². The number of likely N-dealkylation sites (N-methyl/N-ethyl adjacent to an activating group) is 1. The summed E-state index contributed by atoms with van der Waals surface area (Å²) in [6.45, 7) is 5.10. The van der Waals surface area contributed by atoms with E-state index in [1.54, 1.807) is 14.2 Å². The largest absolute Gasteiger partial charge is 0.383 e. The van der Waals surface area contributed by atoms with Crippen LogP contribution in [0, 0.1) is 13.8 Å². The number of para-hydroxylation sites is 3. The van der Waals surface area contributed by atoms with Crippen LogP contribution < -0.4 is 5.32 Å². The van der Waals surface area contributed by atoms with Crippen LogP contribution in [0.1, 0.15) is 11.1 Å². The van der Waals surface area contributed by atoms with Gasteiger partial charge in [-0.15, -0.1) is 0 Å². The van der Waals surface area contributed by atoms with Crippen molar-refractivity contribution in [1.29, 1.82) is 0 Å². The van der Waals surface area contributed by atoms with E-state index >= 15 is 0 Å². The molecule has 1 heterocycles. The fourth-order valence-corrected chi connectivity index (χ4v) is 4.27. The minimum atomic E-state index is -0.217. The number of methoxy groups -OCH3 is 1. The molecule has 0 saturated carbocycles. The number of hydrogen-bond acceptors (Lipinski definition) is 5. The number of anilines is 1. The Kier molecular flexibility index (Phi) is 7.70. The first kappa shape index (κ1) is 22.8. The minimum Gasteiger partial charge on any atom is -0.383 e. The van der Waals surface area contributed by atoms with E-state index in [0.717, 1.165) is 33.0 Å². The van der Waals surface area contributed by atoms with Crippen molar-refractivity contribution < 1.29 is 14.3 Å². The smallest absolute Gasteiger partial charge is 0.243 e. The highest BCUT2D eigenvalue weighted by Gasteiger charge is 2.17. The Bertz CT molecular complexity index is 1060. The van der Waals surface area contributed by atoms with Crippen molar-refractivity contribution in [3.63, 3.8) is 0 Å². The fourth-order valence-electron chi connectivity index (χ4n) is 3.29. The lowest BCUT2D eigenvalue weighted by molar-refractivity contribution is -0.131. The third kappa shape index (κ3) is 5.65. The fraction of sp³-hybridized carbons (Fsp3) is 0.348. The Balaban J connectivity index is 1.61. The second kappa shape index (κ2) is 10.5. The molecule has 0 unspecified atom stereocenters. The van der Waals surface area contributed by atoms with Gasteiger partial charge in [-0.25, -0.2) is 4.98 Å². The van der Waals surface area contributed by atoms with Crippen LogP contribution in [0.15, 0.2) is 47.6 Å². The molecule has 3 rings (SSSR count). The normalized spacial score (nSPS) is 11.0. The first-order valence-corrected chi connectivity index (χ1v) is 11.1. The van der Waals surface area contributed by atoms with Gasteiger partial charge in [0.15, 0.2) is 5.16 Å². The van der Waals surface area contributed by atoms with Crippen molar-refractivity contribution in [2.75, 3.05) is 38.4 Å².